The molecular weight excluding hydrogens is 360 g/mol. The summed E-state index contributed by atoms with van der Waals surface area (Å²) in [7, 11) is 0. The van der Waals surface area contributed by atoms with Crippen LogP contribution < -0.4 is 5.32 Å². The second-order valence-corrected chi connectivity index (χ2v) is 8.45. The third kappa shape index (κ3) is 3.57. The molecule has 142 valence electrons. The fraction of sp³-hybridized carbons (Fsp3) is 0.429. The number of aliphatic hydroxyl groups is 1. The van der Waals surface area contributed by atoms with Gasteiger partial charge in [-0.3, -0.25) is 14.5 Å². The zero-order valence-electron chi connectivity index (χ0n) is 15.4. The molecule has 3 heterocycles. The molecule has 1 aromatic heterocycles. The van der Waals surface area contributed by atoms with Gasteiger partial charge in [0.15, 0.2) is 5.78 Å². The Morgan fingerprint density at radius 1 is 1.26 bits per heavy atom. The highest BCUT2D eigenvalue weighted by Crippen LogP contribution is 2.36. The molecule has 2 N–H and O–H groups in total. The summed E-state index contributed by atoms with van der Waals surface area (Å²) in [5.74, 6) is 0.123. The maximum absolute atomic E-state index is 13.0. The van der Waals surface area contributed by atoms with E-state index in [1.165, 1.54) is 0 Å². The lowest BCUT2D eigenvalue weighted by atomic mass is 9.88. The van der Waals surface area contributed by atoms with Gasteiger partial charge in [-0.05, 0) is 61.4 Å². The van der Waals surface area contributed by atoms with Crippen LogP contribution in [-0.4, -0.2) is 40.8 Å². The van der Waals surface area contributed by atoms with Gasteiger partial charge in [0, 0.05) is 35.6 Å². The molecule has 5 nitrogen and oxygen atoms in total. The monoisotopic (exact) mass is 384 g/mol. The molecule has 0 radical (unpaired) electrons. The molecule has 2 aromatic rings. The lowest BCUT2D eigenvalue weighted by molar-refractivity contribution is -0.116. The Hall–Kier alpha value is -2.02. The number of aryl methyl sites for hydroxylation is 1. The molecule has 0 aliphatic carbocycles. The summed E-state index contributed by atoms with van der Waals surface area (Å²) in [6.07, 6.45) is 2.42. The number of nitrogens with one attached hydrogen (secondary N) is 1. The van der Waals surface area contributed by atoms with Crippen LogP contribution in [0.5, 0.6) is 0 Å². The smallest absolute Gasteiger partial charge is 0.224 e. The molecule has 1 saturated heterocycles. The quantitative estimate of drug-likeness (QED) is 0.795. The number of amides is 1. The third-order valence-corrected chi connectivity index (χ3v) is 6.88. The first-order valence-corrected chi connectivity index (χ1v) is 10.3. The molecule has 6 heteroatoms. The van der Waals surface area contributed by atoms with Crippen molar-refractivity contribution in [3.8, 4) is 0 Å². The summed E-state index contributed by atoms with van der Waals surface area (Å²) in [6, 6.07) is 9.27. The van der Waals surface area contributed by atoms with Gasteiger partial charge in [-0.25, -0.2) is 0 Å². The van der Waals surface area contributed by atoms with Crippen LogP contribution in [0, 0.1) is 0 Å². The molecule has 1 amide bonds. The predicted molar refractivity (Wildman–Crippen MR) is 106 cm³/mol. The minimum atomic E-state index is -0.766. The van der Waals surface area contributed by atoms with Crippen LogP contribution in [0.3, 0.4) is 0 Å². The number of benzene rings is 1. The number of carbonyl (C=O) groups excluding carboxylic acids is 2. The number of thiophene rings is 1. The highest BCUT2D eigenvalue weighted by molar-refractivity contribution is 7.10. The summed E-state index contributed by atoms with van der Waals surface area (Å²) in [5, 5.41) is 15.7. The number of Topliss-reactive ketones (excluding diaryl/α,β-unsaturated/α-hetero) is 1. The van der Waals surface area contributed by atoms with Gasteiger partial charge in [-0.2, -0.15) is 0 Å². The van der Waals surface area contributed by atoms with Crippen LogP contribution in [0.1, 0.15) is 47.0 Å². The SMILES string of the molecule is CC(C(=O)c1ccc2c(c1)CCC(=O)N2)N1CCC(O)(c2cccs2)CC1. The minimum absolute atomic E-state index is 0.0292. The fourth-order valence-corrected chi connectivity index (χ4v) is 4.90. The van der Waals surface area contributed by atoms with Crippen LogP contribution in [0.2, 0.25) is 0 Å². The zero-order chi connectivity index (χ0) is 19.0. The minimum Gasteiger partial charge on any atom is -0.384 e. The van der Waals surface area contributed by atoms with Crippen molar-refractivity contribution in [3.05, 3.63) is 51.7 Å². The van der Waals surface area contributed by atoms with Gasteiger partial charge in [0.25, 0.3) is 0 Å². The van der Waals surface area contributed by atoms with Crippen molar-refractivity contribution < 1.29 is 14.7 Å². The van der Waals surface area contributed by atoms with Crippen molar-refractivity contribution in [2.24, 2.45) is 0 Å². The Morgan fingerprint density at radius 3 is 2.74 bits per heavy atom. The van der Waals surface area contributed by atoms with Crippen molar-refractivity contribution in [2.45, 2.75) is 44.2 Å². The number of anilines is 1. The molecule has 27 heavy (non-hydrogen) atoms. The average Bonchev–Trinajstić information content (AvgIpc) is 3.23. The number of fused-ring (bicyclic) bond motifs is 1. The molecule has 1 aromatic carbocycles. The first-order valence-electron chi connectivity index (χ1n) is 9.44. The van der Waals surface area contributed by atoms with Gasteiger partial charge in [-0.15, -0.1) is 11.3 Å². The van der Waals surface area contributed by atoms with E-state index in [-0.39, 0.29) is 17.7 Å². The Morgan fingerprint density at radius 2 is 2.04 bits per heavy atom. The fourth-order valence-electron chi connectivity index (χ4n) is 4.01. The summed E-state index contributed by atoms with van der Waals surface area (Å²) < 4.78 is 0. The summed E-state index contributed by atoms with van der Waals surface area (Å²) in [5.41, 5.74) is 1.77. The summed E-state index contributed by atoms with van der Waals surface area (Å²) in [6.45, 7) is 3.34. The van der Waals surface area contributed by atoms with Crippen molar-refractivity contribution in [1.82, 2.24) is 4.90 Å². The van der Waals surface area contributed by atoms with E-state index >= 15 is 0 Å². The Labute approximate surface area is 163 Å². The lowest BCUT2D eigenvalue weighted by Gasteiger charge is -2.40. The number of hydrogen-bond acceptors (Lipinski definition) is 5. The molecule has 2 aliphatic rings. The number of piperidine rings is 1. The van der Waals surface area contributed by atoms with Crippen LogP contribution in [0.25, 0.3) is 0 Å². The summed E-state index contributed by atoms with van der Waals surface area (Å²) in [4.78, 5) is 27.7. The molecule has 1 fully saturated rings. The largest absolute Gasteiger partial charge is 0.384 e. The molecular formula is C21H24N2O3S. The number of nitrogens with zero attached hydrogens (tertiary/aromatic N) is 1. The lowest BCUT2D eigenvalue weighted by Crippen LogP contribution is -2.48. The topological polar surface area (TPSA) is 69.6 Å². The summed E-state index contributed by atoms with van der Waals surface area (Å²) >= 11 is 1.59. The predicted octanol–water partition coefficient (Wildman–Crippen LogP) is 3.19. The zero-order valence-corrected chi connectivity index (χ0v) is 16.2. The maximum atomic E-state index is 13.0. The number of hydrogen-bond donors (Lipinski definition) is 2. The van der Waals surface area contributed by atoms with E-state index in [9.17, 15) is 14.7 Å². The van der Waals surface area contributed by atoms with Crippen LogP contribution in [-0.2, 0) is 16.8 Å². The van der Waals surface area contributed by atoms with E-state index in [0.29, 0.717) is 44.3 Å². The van der Waals surface area contributed by atoms with Crippen molar-refractivity contribution in [1.29, 1.82) is 0 Å². The molecule has 0 saturated carbocycles. The molecule has 1 atom stereocenters. The van der Waals surface area contributed by atoms with E-state index in [2.05, 4.69) is 10.2 Å². The van der Waals surface area contributed by atoms with Crippen LogP contribution in [0.4, 0.5) is 5.69 Å². The molecule has 0 bridgehead atoms. The van der Waals surface area contributed by atoms with E-state index in [1.54, 1.807) is 17.4 Å². The first-order chi connectivity index (χ1) is 13.0. The van der Waals surface area contributed by atoms with Crippen molar-refractivity contribution in [2.75, 3.05) is 18.4 Å². The Bertz CT molecular complexity index is 854. The number of rotatable bonds is 4. The second kappa shape index (κ2) is 7.19. The van der Waals surface area contributed by atoms with Gasteiger partial charge >= 0.3 is 0 Å². The van der Waals surface area contributed by atoms with Crippen LogP contribution in [0.15, 0.2) is 35.7 Å². The highest BCUT2D eigenvalue weighted by Gasteiger charge is 2.37. The second-order valence-electron chi connectivity index (χ2n) is 7.51. The number of carbonyl (C=O) groups is 2. The maximum Gasteiger partial charge on any atom is 0.224 e. The molecule has 1 unspecified atom stereocenters. The van der Waals surface area contributed by atoms with E-state index in [0.717, 1.165) is 16.1 Å². The van der Waals surface area contributed by atoms with Gasteiger partial charge in [0.2, 0.25) is 5.91 Å². The molecule has 2 aliphatic heterocycles. The van der Waals surface area contributed by atoms with Gasteiger partial charge in [0.1, 0.15) is 5.60 Å². The normalized spacial score (nSPS) is 20.6. The van der Waals surface area contributed by atoms with E-state index in [1.807, 2.05) is 36.6 Å². The average molecular weight is 385 g/mol. The number of likely N-dealkylation sites (tertiary alicyclic amines) is 1. The Kier molecular flexibility index (Phi) is 4.88. The highest BCUT2D eigenvalue weighted by atomic mass is 32.1. The van der Waals surface area contributed by atoms with Gasteiger partial charge < -0.3 is 10.4 Å². The van der Waals surface area contributed by atoms with Gasteiger partial charge in [0.05, 0.1) is 6.04 Å². The van der Waals surface area contributed by atoms with E-state index < -0.39 is 5.60 Å². The van der Waals surface area contributed by atoms with E-state index in [4.69, 9.17) is 0 Å². The standard InChI is InChI=1S/C21H24N2O3S/c1-14(23-10-8-21(26,9-11-23)18-3-2-12-27-18)20(25)16-4-6-17-15(13-16)5-7-19(24)22-17/h2-4,6,12-14,26H,5,7-11H2,1H3,(H,22,24). The van der Waals surface area contributed by atoms with Crippen molar-refractivity contribution in [3.63, 3.8) is 0 Å². The first kappa shape index (κ1) is 18.3. The molecule has 4 rings (SSSR count). The third-order valence-electron chi connectivity index (χ3n) is 5.82. The van der Waals surface area contributed by atoms with Crippen molar-refractivity contribution >= 4 is 28.7 Å². The van der Waals surface area contributed by atoms with Gasteiger partial charge in [-0.1, -0.05) is 6.07 Å². The Balaban J connectivity index is 1.44. The number of ketones is 1. The molecule has 0 spiro atoms. The van der Waals surface area contributed by atoms with Crippen LogP contribution >= 0.6 is 11.3 Å².